The summed E-state index contributed by atoms with van der Waals surface area (Å²) in [6, 6.07) is 22.3. The van der Waals surface area contributed by atoms with E-state index in [-0.39, 0.29) is 30.6 Å². The van der Waals surface area contributed by atoms with Crippen molar-refractivity contribution in [1.29, 1.82) is 0 Å². The van der Waals surface area contributed by atoms with Crippen LogP contribution in [0, 0.1) is 0 Å². The first-order valence-corrected chi connectivity index (χ1v) is 13.9. The van der Waals surface area contributed by atoms with Gasteiger partial charge >= 0.3 is 5.97 Å². The minimum atomic E-state index is -0.972. The highest BCUT2D eigenvalue weighted by molar-refractivity contribution is 5.99. The third kappa shape index (κ3) is 7.88. The third-order valence-corrected chi connectivity index (χ3v) is 7.55. The Bertz CT molecular complexity index is 1340. The predicted octanol–water partition coefficient (Wildman–Crippen LogP) is 6.11. The zero-order chi connectivity index (χ0) is 28.5. The molecule has 1 aliphatic rings. The van der Waals surface area contributed by atoms with Gasteiger partial charge in [-0.3, -0.25) is 19.2 Å². The summed E-state index contributed by atoms with van der Waals surface area (Å²) in [5.41, 5.74) is 4.62. The molecule has 4 rings (SSSR count). The first-order chi connectivity index (χ1) is 19.3. The summed E-state index contributed by atoms with van der Waals surface area (Å²) in [7, 11) is 0. The lowest BCUT2D eigenvalue weighted by molar-refractivity contribution is -0.136. The SMILES string of the molecule is CC(=O)c1cccc(NC(=O)C(Cc2ccc(C(=O)NCCC(=O)O)cc2)c2ccc(C3CCCCC3)cc2)c1. The Balaban J connectivity index is 1.53. The molecule has 1 aliphatic carbocycles. The first-order valence-electron chi connectivity index (χ1n) is 13.9. The molecule has 2 amide bonds. The molecule has 1 atom stereocenters. The van der Waals surface area contributed by atoms with E-state index >= 15 is 0 Å². The van der Waals surface area contributed by atoms with Gasteiger partial charge in [0.1, 0.15) is 0 Å². The third-order valence-electron chi connectivity index (χ3n) is 7.55. The molecule has 3 aromatic carbocycles. The van der Waals surface area contributed by atoms with Gasteiger partial charge in [-0.05, 0) is 73.1 Å². The van der Waals surface area contributed by atoms with Crippen LogP contribution in [-0.4, -0.2) is 35.2 Å². The van der Waals surface area contributed by atoms with Gasteiger partial charge in [0.25, 0.3) is 5.91 Å². The lowest BCUT2D eigenvalue weighted by atomic mass is 9.83. The van der Waals surface area contributed by atoms with Gasteiger partial charge in [0, 0.05) is 23.4 Å². The molecular weight excluding hydrogens is 504 g/mol. The van der Waals surface area contributed by atoms with Crippen LogP contribution in [0.4, 0.5) is 5.69 Å². The van der Waals surface area contributed by atoms with Crippen LogP contribution in [0.5, 0.6) is 0 Å². The summed E-state index contributed by atoms with van der Waals surface area (Å²) >= 11 is 0. The number of benzene rings is 3. The fourth-order valence-electron chi connectivity index (χ4n) is 5.26. The minimum Gasteiger partial charge on any atom is -0.481 e. The second kappa shape index (κ2) is 13.7. The zero-order valence-electron chi connectivity index (χ0n) is 22.8. The molecule has 1 fully saturated rings. The molecule has 7 nitrogen and oxygen atoms in total. The van der Waals surface area contributed by atoms with E-state index in [2.05, 4.69) is 22.8 Å². The van der Waals surface area contributed by atoms with E-state index in [1.165, 1.54) is 44.6 Å². The van der Waals surface area contributed by atoms with Crippen LogP contribution in [0.2, 0.25) is 0 Å². The summed E-state index contributed by atoms with van der Waals surface area (Å²) in [5, 5.41) is 14.4. The Hall–Kier alpha value is -4.26. The van der Waals surface area contributed by atoms with Gasteiger partial charge in [-0.1, -0.05) is 67.8 Å². The largest absolute Gasteiger partial charge is 0.481 e. The Morgan fingerprint density at radius 1 is 0.875 bits per heavy atom. The second-order valence-corrected chi connectivity index (χ2v) is 10.5. The van der Waals surface area contributed by atoms with Crippen LogP contribution in [0.15, 0.2) is 72.8 Å². The Kier molecular flexibility index (Phi) is 9.84. The molecule has 7 heteroatoms. The molecule has 0 spiro atoms. The highest BCUT2D eigenvalue weighted by Crippen LogP contribution is 2.34. The number of carboxylic acid groups (broad SMARTS) is 1. The molecule has 0 radical (unpaired) electrons. The normalized spacial score (nSPS) is 14.2. The van der Waals surface area contributed by atoms with Crippen molar-refractivity contribution >= 4 is 29.3 Å². The van der Waals surface area contributed by atoms with E-state index in [0.29, 0.717) is 29.2 Å². The van der Waals surface area contributed by atoms with Gasteiger partial charge in [-0.25, -0.2) is 0 Å². The number of Topliss-reactive ketones (excluding diaryl/α,β-unsaturated/α-hetero) is 1. The number of anilines is 1. The highest BCUT2D eigenvalue weighted by Gasteiger charge is 2.23. The fraction of sp³-hybridized carbons (Fsp3) is 0.333. The number of hydrogen-bond acceptors (Lipinski definition) is 4. The lowest BCUT2D eigenvalue weighted by Crippen LogP contribution is -2.26. The monoisotopic (exact) mass is 540 g/mol. The Morgan fingerprint density at radius 2 is 1.57 bits per heavy atom. The highest BCUT2D eigenvalue weighted by atomic mass is 16.4. The summed E-state index contributed by atoms with van der Waals surface area (Å²) < 4.78 is 0. The van der Waals surface area contributed by atoms with Crippen LogP contribution in [-0.2, 0) is 16.0 Å². The van der Waals surface area contributed by atoms with E-state index < -0.39 is 11.9 Å². The zero-order valence-corrected chi connectivity index (χ0v) is 22.8. The van der Waals surface area contributed by atoms with Crippen LogP contribution < -0.4 is 10.6 Å². The number of rotatable bonds is 11. The number of hydrogen-bond donors (Lipinski definition) is 3. The molecule has 1 saturated carbocycles. The average Bonchev–Trinajstić information content (AvgIpc) is 2.96. The topological polar surface area (TPSA) is 113 Å². The van der Waals surface area contributed by atoms with E-state index in [4.69, 9.17) is 5.11 Å². The van der Waals surface area contributed by atoms with Crippen molar-refractivity contribution in [2.45, 2.75) is 63.7 Å². The smallest absolute Gasteiger partial charge is 0.305 e. The van der Waals surface area contributed by atoms with E-state index in [1.54, 1.807) is 36.4 Å². The van der Waals surface area contributed by atoms with Crippen molar-refractivity contribution in [3.63, 3.8) is 0 Å². The van der Waals surface area contributed by atoms with Crippen LogP contribution in [0.1, 0.15) is 94.7 Å². The number of carboxylic acids is 1. The molecule has 1 unspecified atom stereocenters. The predicted molar refractivity (Wildman–Crippen MR) is 155 cm³/mol. The second-order valence-electron chi connectivity index (χ2n) is 10.5. The minimum absolute atomic E-state index is 0.0554. The standard InChI is InChI=1S/C33H36N2O5/c1-22(36)28-8-5-9-29(21-28)35-33(40)30(26-16-14-25(15-17-26)24-6-3-2-4-7-24)20-23-10-12-27(13-11-23)32(39)34-19-18-31(37)38/h5,8-17,21,24,30H,2-4,6-7,18-20H2,1H3,(H,34,39)(H,35,40)(H,37,38). The summed E-state index contributed by atoms with van der Waals surface area (Å²) in [5.74, 6) is -1.49. The van der Waals surface area contributed by atoms with E-state index in [1.807, 2.05) is 24.3 Å². The van der Waals surface area contributed by atoms with Gasteiger partial charge in [0.2, 0.25) is 5.91 Å². The summed E-state index contributed by atoms with van der Waals surface area (Å²) in [6.45, 7) is 1.55. The van der Waals surface area contributed by atoms with Crippen LogP contribution in [0.25, 0.3) is 0 Å². The van der Waals surface area contributed by atoms with Crippen molar-refractivity contribution in [1.82, 2.24) is 5.32 Å². The average molecular weight is 541 g/mol. The molecule has 0 aromatic heterocycles. The van der Waals surface area contributed by atoms with Gasteiger partial charge < -0.3 is 15.7 Å². The fourth-order valence-corrected chi connectivity index (χ4v) is 5.26. The maximum Gasteiger partial charge on any atom is 0.305 e. The molecule has 3 N–H and O–H groups in total. The van der Waals surface area contributed by atoms with Gasteiger partial charge in [0.15, 0.2) is 5.78 Å². The van der Waals surface area contributed by atoms with Gasteiger partial charge in [0.05, 0.1) is 12.3 Å². The number of ketones is 1. The van der Waals surface area contributed by atoms with E-state index in [9.17, 15) is 19.2 Å². The van der Waals surface area contributed by atoms with Crippen molar-refractivity contribution in [3.05, 3.63) is 101 Å². The lowest BCUT2D eigenvalue weighted by Gasteiger charge is -2.23. The number of amides is 2. The summed E-state index contributed by atoms with van der Waals surface area (Å²) in [6.07, 6.45) is 6.48. The molecule has 40 heavy (non-hydrogen) atoms. The van der Waals surface area contributed by atoms with Crippen molar-refractivity contribution < 1.29 is 24.3 Å². The van der Waals surface area contributed by atoms with Crippen molar-refractivity contribution in [3.8, 4) is 0 Å². The number of aliphatic carboxylic acids is 1. The van der Waals surface area contributed by atoms with Crippen molar-refractivity contribution in [2.24, 2.45) is 0 Å². The van der Waals surface area contributed by atoms with Gasteiger partial charge in [-0.2, -0.15) is 0 Å². The first kappa shape index (κ1) is 28.7. The molecule has 0 aliphatic heterocycles. The van der Waals surface area contributed by atoms with Crippen LogP contribution >= 0.6 is 0 Å². The maximum atomic E-state index is 13.6. The quantitative estimate of drug-likeness (QED) is 0.254. The number of carbonyl (C=O) groups is 4. The Labute approximate surface area is 235 Å². The molecule has 0 saturated heterocycles. The molecule has 0 bridgehead atoms. The van der Waals surface area contributed by atoms with Gasteiger partial charge in [-0.15, -0.1) is 0 Å². The van der Waals surface area contributed by atoms with Crippen molar-refractivity contribution in [2.75, 3.05) is 11.9 Å². The van der Waals surface area contributed by atoms with E-state index in [0.717, 1.165) is 11.1 Å². The maximum absolute atomic E-state index is 13.6. The molecular formula is C33H36N2O5. The molecule has 208 valence electrons. The van der Waals surface area contributed by atoms with Crippen LogP contribution in [0.3, 0.4) is 0 Å². The molecule has 3 aromatic rings. The number of nitrogens with one attached hydrogen (secondary N) is 2. The Morgan fingerprint density at radius 3 is 2.23 bits per heavy atom. The summed E-state index contributed by atoms with van der Waals surface area (Å²) in [4.78, 5) is 48.5. The number of carbonyl (C=O) groups excluding carboxylic acids is 3. The molecule has 0 heterocycles.